The lowest BCUT2D eigenvalue weighted by Gasteiger charge is -2.30. The maximum atomic E-state index is 13.5. The van der Waals surface area contributed by atoms with Crippen molar-refractivity contribution in [3.63, 3.8) is 0 Å². The molecule has 0 radical (unpaired) electrons. The summed E-state index contributed by atoms with van der Waals surface area (Å²) in [5, 5.41) is 3.00. The molecule has 0 fully saturated rings. The zero-order valence-electron chi connectivity index (χ0n) is 54.2. The number of rotatable bonds is 61. The Kier molecular flexibility index (Phi) is 58.7. The Hall–Kier alpha value is -3.07. The molecule has 3 unspecified atom stereocenters. The second kappa shape index (κ2) is 61.0. The topological polar surface area (TPSA) is 114 Å². The van der Waals surface area contributed by atoms with Crippen molar-refractivity contribution in [3.8, 4) is 0 Å². The normalized spacial score (nSPS) is 14.2. The van der Waals surface area contributed by atoms with Crippen molar-refractivity contribution in [2.24, 2.45) is 0 Å². The number of esters is 1. The first-order valence-corrected chi connectivity index (χ1v) is 35.5. The summed E-state index contributed by atoms with van der Waals surface area (Å²) < 4.78 is 30.3. The number of hydrogen-bond donors (Lipinski definition) is 1. The van der Waals surface area contributed by atoms with E-state index in [9.17, 15) is 19.0 Å². The molecule has 0 rings (SSSR count). The molecule has 0 aromatic heterocycles. The highest BCUT2D eigenvalue weighted by Crippen LogP contribution is 2.38. The largest absolute Gasteiger partial charge is 0.756 e. The van der Waals surface area contributed by atoms with Gasteiger partial charge in [0.05, 0.1) is 33.8 Å². The van der Waals surface area contributed by atoms with Crippen molar-refractivity contribution in [2.75, 3.05) is 40.9 Å². The average molecular weight is 1170 g/mol. The van der Waals surface area contributed by atoms with Gasteiger partial charge in [0, 0.05) is 12.8 Å². The molecule has 0 aromatic rings. The molecule has 474 valence electrons. The number of likely N-dealkylation sites (N-methyl/N-ethyl adjacent to an activating group) is 1. The highest BCUT2D eigenvalue weighted by molar-refractivity contribution is 7.45. The van der Waals surface area contributed by atoms with Crippen LogP contribution in [0.4, 0.5) is 0 Å². The molecule has 0 aromatic carbocycles. The van der Waals surface area contributed by atoms with E-state index in [-0.39, 0.29) is 31.3 Å². The van der Waals surface area contributed by atoms with Crippen LogP contribution >= 0.6 is 7.82 Å². The van der Waals surface area contributed by atoms with Crippen LogP contribution in [0, 0.1) is 0 Å². The first-order chi connectivity index (χ1) is 39.9. The van der Waals surface area contributed by atoms with Crippen LogP contribution < -0.4 is 10.2 Å². The molecule has 82 heavy (non-hydrogen) atoms. The van der Waals surface area contributed by atoms with Gasteiger partial charge >= 0.3 is 5.97 Å². The maximum absolute atomic E-state index is 13.5. The summed E-state index contributed by atoms with van der Waals surface area (Å²) in [7, 11) is 1.15. The highest BCUT2D eigenvalue weighted by Gasteiger charge is 2.27. The third kappa shape index (κ3) is 61.5. The standard InChI is InChI=1S/C72H129N2O7P/c1-7-10-13-16-19-22-25-28-30-32-33-34-35-36-37-38-39-40-41-43-45-47-50-53-56-59-62-65-72(76)81-70(63-60-57-54-51-48-27-24-21-18-15-12-9-3)69(68-80-82(77,78)79-67-66-74(4,5)6)73-71(75)64-61-58-55-52-49-46-44-42-31-29-26-23-20-17-14-11-8-2/h19-20,22-23,28-31,33-34,44,46,52,55,60,63,69-70H,7-18,21,24-27,32,35-43,45,47-51,53-54,56-59,61-62,64-68H2,1-6H3,(H-,73,75,77,78)/b22-19-,23-20-,30-28-,31-29-,34-33-,46-44-,55-52-,63-60-. The third-order valence-electron chi connectivity index (χ3n) is 14.7. The third-order valence-corrected chi connectivity index (χ3v) is 15.7. The van der Waals surface area contributed by atoms with E-state index in [0.717, 1.165) is 77.0 Å². The average Bonchev–Trinajstić information content (AvgIpc) is 3.44. The molecule has 3 atom stereocenters. The fraction of sp³-hybridized carbons (Fsp3) is 0.750. The van der Waals surface area contributed by atoms with E-state index in [1.54, 1.807) is 0 Å². The number of amides is 1. The van der Waals surface area contributed by atoms with Gasteiger partial charge in [0.15, 0.2) is 0 Å². The number of unbranched alkanes of at least 4 members (excludes halogenated alkanes) is 31. The van der Waals surface area contributed by atoms with Gasteiger partial charge in [0.2, 0.25) is 5.91 Å². The summed E-state index contributed by atoms with van der Waals surface area (Å²) in [5.41, 5.74) is 0. The number of carbonyl (C=O) groups excluding carboxylic acids is 2. The number of nitrogens with zero attached hydrogens (tertiary/aromatic N) is 1. The lowest BCUT2D eigenvalue weighted by molar-refractivity contribution is -0.870. The molecule has 0 bridgehead atoms. The Morgan fingerprint density at radius 2 is 0.756 bits per heavy atom. The number of carbonyl (C=O) groups is 2. The fourth-order valence-corrected chi connectivity index (χ4v) is 10.2. The summed E-state index contributed by atoms with van der Waals surface area (Å²) in [4.78, 5) is 40.1. The minimum atomic E-state index is -4.72. The summed E-state index contributed by atoms with van der Waals surface area (Å²) in [5.74, 6) is -0.605. The highest BCUT2D eigenvalue weighted by atomic mass is 31.2. The quantitative estimate of drug-likeness (QED) is 0.0212. The van der Waals surface area contributed by atoms with Gasteiger partial charge in [-0.3, -0.25) is 14.2 Å². The smallest absolute Gasteiger partial charge is 0.306 e. The number of phosphoric acid groups is 1. The van der Waals surface area contributed by atoms with E-state index < -0.39 is 26.6 Å². The number of hydrogen-bond acceptors (Lipinski definition) is 7. The van der Waals surface area contributed by atoms with Crippen molar-refractivity contribution < 1.29 is 37.3 Å². The summed E-state index contributed by atoms with van der Waals surface area (Å²) in [6.07, 6.45) is 82.5. The molecule has 0 aliphatic carbocycles. The first kappa shape index (κ1) is 78.9. The molecule has 0 heterocycles. The predicted molar refractivity (Wildman–Crippen MR) is 353 cm³/mol. The summed E-state index contributed by atoms with van der Waals surface area (Å²) in [6.45, 7) is 6.75. The number of quaternary nitrogens is 1. The molecule has 0 spiro atoms. The van der Waals surface area contributed by atoms with Crippen LogP contribution in [0.1, 0.15) is 297 Å². The Balaban J connectivity index is 5.12. The van der Waals surface area contributed by atoms with Crippen molar-refractivity contribution in [1.29, 1.82) is 0 Å². The van der Waals surface area contributed by atoms with Gasteiger partial charge < -0.3 is 28.5 Å². The van der Waals surface area contributed by atoms with Crippen LogP contribution in [0.3, 0.4) is 0 Å². The van der Waals surface area contributed by atoms with Gasteiger partial charge in [-0.05, 0) is 109 Å². The minimum absolute atomic E-state index is 0.0357. The van der Waals surface area contributed by atoms with Crippen LogP contribution in [0.5, 0.6) is 0 Å². The van der Waals surface area contributed by atoms with E-state index in [1.807, 2.05) is 33.3 Å². The van der Waals surface area contributed by atoms with Crippen molar-refractivity contribution >= 4 is 19.7 Å². The van der Waals surface area contributed by atoms with Crippen LogP contribution in [0.25, 0.3) is 0 Å². The van der Waals surface area contributed by atoms with E-state index in [4.69, 9.17) is 13.8 Å². The van der Waals surface area contributed by atoms with E-state index >= 15 is 0 Å². The van der Waals surface area contributed by atoms with Crippen molar-refractivity contribution in [1.82, 2.24) is 5.32 Å². The molecule has 9 nitrogen and oxygen atoms in total. The van der Waals surface area contributed by atoms with Crippen molar-refractivity contribution in [3.05, 3.63) is 97.2 Å². The van der Waals surface area contributed by atoms with E-state index in [2.05, 4.69) is 111 Å². The van der Waals surface area contributed by atoms with E-state index in [0.29, 0.717) is 17.4 Å². The van der Waals surface area contributed by atoms with Crippen LogP contribution in [0.15, 0.2) is 97.2 Å². The number of phosphoric ester groups is 1. The molecule has 1 N–H and O–H groups in total. The lowest BCUT2D eigenvalue weighted by atomic mass is 10.0. The second-order valence-corrected chi connectivity index (χ2v) is 25.4. The molecule has 0 saturated carbocycles. The van der Waals surface area contributed by atoms with Gasteiger partial charge in [-0.1, -0.05) is 272 Å². The Labute approximate surface area is 507 Å². The van der Waals surface area contributed by atoms with Crippen LogP contribution in [-0.2, 0) is 27.9 Å². The van der Waals surface area contributed by atoms with Crippen molar-refractivity contribution in [2.45, 2.75) is 309 Å². The monoisotopic (exact) mass is 1160 g/mol. The molecule has 1 amide bonds. The van der Waals surface area contributed by atoms with E-state index in [1.165, 1.54) is 180 Å². The molecule has 0 aliphatic rings. The Morgan fingerprint density at radius 3 is 1.16 bits per heavy atom. The predicted octanol–water partition coefficient (Wildman–Crippen LogP) is 20.9. The van der Waals surface area contributed by atoms with Gasteiger partial charge in [0.1, 0.15) is 19.3 Å². The SMILES string of the molecule is CCCCC/C=C\C/C=C\C/C=C\C/C=C\CCCC(=O)NC(COP(=O)([O-])OCC[N+](C)(C)C)C(/C=C\CCCCCCCCCCCC)OC(=O)CCCCCCCCCCCCCCCC/C=C\C/C=C\C/C=C\CCCCC. The van der Waals surface area contributed by atoms with Gasteiger partial charge in [0.25, 0.3) is 7.82 Å². The molecule has 0 saturated heterocycles. The van der Waals surface area contributed by atoms with Gasteiger partial charge in [-0.25, -0.2) is 0 Å². The van der Waals surface area contributed by atoms with Crippen LogP contribution in [-0.4, -0.2) is 69.4 Å². The van der Waals surface area contributed by atoms with Crippen LogP contribution in [0.2, 0.25) is 0 Å². The first-order valence-electron chi connectivity index (χ1n) is 34.0. The number of allylic oxidation sites excluding steroid dienone is 15. The number of ether oxygens (including phenoxy) is 1. The zero-order chi connectivity index (χ0) is 60.0. The Morgan fingerprint density at radius 1 is 0.427 bits per heavy atom. The fourth-order valence-electron chi connectivity index (χ4n) is 9.46. The Bertz CT molecular complexity index is 1720. The van der Waals surface area contributed by atoms with Gasteiger partial charge in [-0.2, -0.15) is 0 Å². The van der Waals surface area contributed by atoms with Gasteiger partial charge in [-0.15, -0.1) is 0 Å². The molecular formula is C72H129N2O7P. The zero-order valence-corrected chi connectivity index (χ0v) is 55.1. The maximum Gasteiger partial charge on any atom is 0.306 e. The number of nitrogens with one attached hydrogen (secondary N) is 1. The molecule has 0 aliphatic heterocycles. The summed E-state index contributed by atoms with van der Waals surface area (Å²) in [6, 6.07) is -0.922. The molecule has 10 heteroatoms. The second-order valence-electron chi connectivity index (χ2n) is 24.0. The minimum Gasteiger partial charge on any atom is -0.756 e. The molecular weight excluding hydrogens is 1040 g/mol. The summed E-state index contributed by atoms with van der Waals surface area (Å²) >= 11 is 0. The lowest BCUT2D eigenvalue weighted by Crippen LogP contribution is -2.47.